The Labute approximate surface area is 84.9 Å². The number of hydrogen-bond acceptors (Lipinski definition) is 4. The van der Waals surface area contributed by atoms with E-state index in [1.807, 2.05) is 0 Å². The lowest BCUT2D eigenvalue weighted by Gasteiger charge is -2.17. The average Bonchev–Trinajstić information content (AvgIpc) is 2.17. The van der Waals surface area contributed by atoms with Crippen molar-refractivity contribution in [2.75, 3.05) is 0 Å². The summed E-state index contributed by atoms with van der Waals surface area (Å²) in [6.07, 6.45) is 0. The van der Waals surface area contributed by atoms with Crippen LogP contribution in [0, 0.1) is 10.1 Å². The minimum atomic E-state index is -2.12. The summed E-state index contributed by atoms with van der Waals surface area (Å²) >= 11 is 0. The van der Waals surface area contributed by atoms with Gasteiger partial charge in [-0.15, -0.1) is 0 Å². The molecule has 6 nitrogen and oxygen atoms in total. The van der Waals surface area contributed by atoms with Crippen LogP contribution in [0.25, 0.3) is 0 Å². The van der Waals surface area contributed by atoms with Gasteiger partial charge in [-0.1, -0.05) is 12.1 Å². The molecule has 15 heavy (non-hydrogen) atoms. The molecule has 0 saturated carbocycles. The fraction of sp³-hybridized carbons (Fsp3) is 0.222. The van der Waals surface area contributed by atoms with Gasteiger partial charge in [-0.25, -0.2) is 4.79 Å². The lowest BCUT2D eigenvalue weighted by molar-refractivity contribution is -0.385. The number of nitro benzene ring substituents is 1. The molecule has 0 amide bonds. The quantitative estimate of drug-likeness (QED) is 0.571. The SMILES string of the molecule is CC(O)(C(=O)O)c1cccc([N+](=O)[O-])c1. The van der Waals surface area contributed by atoms with E-state index in [0.29, 0.717) is 0 Å². The highest BCUT2D eigenvalue weighted by atomic mass is 16.6. The average molecular weight is 211 g/mol. The van der Waals surface area contributed by atoms with Gasteiger partial charge < -0.3 is 10.2 Å². The minimum absolute atomic E-state index is 0.0239. The van der Waals surface area contributed by atoms with Gasteiger partial charge in [0.05, 0.1) is 4.92 Å². The molecule has 0 aliphatic heterocycles. The summed E-state index contributed by atoms with van der Waals surface area (Å²) in [5, 5.41) is 28.7. The molecule has 80 valence electrons. The van der Waals surface area contributed by atoms with Gasteiger partial charge in [-0.3, -0.25) is 10.1 Å². The second-order valence-corrected chi connectivity index (χ2v) is 3.18. The van der Waals surface area contributed by atoms with E-state index in [-0.39, 0.29) is 11.3 Å². The molecule has 0 saturated heterocycles. The van der Waals surface area contributed by atoms with Gasteiger partial charge in [-0.2, -0.15) is 0 Å². The van der Waals surface area contributed by atoms with Crippen molar-refractivity contribution in [3.8, 4) is 0 Å². The summed E-state index contributed by atoms with van der Waals surface area (Å²) < 4.78 is 0. The Morgan fingerprint density at radius 2 is 2.13 bits per heavy atom. The zero-order chi connectivity index (χ0) is 11.6. The third-order valence-electron chi connectivity index (χ3n) is 2.04. The Morgan fingerprint density at radius 3 is 2.60 bits per heavy atom. The molecule has 0 bridgehead atoms. The summed E-state index contributed by atoms with van der Waals surface area (Å²) in [6, 6.07) is 4.90. The number of hydrogen-bond donors (Lipinski definition) is 2. The third kappa shape index (κ3) is 2.10. The fourth-order valence-electron chi connectivity index (χ4n) is 1.05. The van der Waals surface area contributed by atoms with Crippen LogP contribution in [-0.2, 0) is 10.4 Å². The normalized spacial score (nSPS) is 14.3. The van der Waals surface area contributed by atoms with E-state index in [9.17, 15) is 20.0 Å². The van der Waals surface area contributed by atoms with E-state index in [0.717, 1.165) is 13.0 Å². The molecule has 1 atom stereocenters. The molecule has 1 rings (SSSR count). The molecular weight excluding hydrogens is 202 g/mol. The largest absolute Gasteiger partial charge is 0.479 e. The van der Waals surface area contributed by atoms with E-state index in [4.69, 9.17) is 5.11 Å². The number of nitrogens with zero attached hydrogens (tertiary/aromatic N) is 1. The van der Waals surface area contributed by atoms with E-state index in [1.165, 1.54) is 18.2 Å². The first-order valence-corrected chi connectivity index (χ1v) is 4.06. The van der Waals surface area contributed by atoms with Crippen LogP contribution in [0.5, 0.6) is 0 Å². The van der Waals surface area contributed by atoms with Crippen molar-refractivity contribution in [3.63, 3.8) is 0 Å². The van der Waals surface area contributed by atoms with Crippen molar-refractivity contribution in [1.82, 2.24) is 0 Å². The molecule has 1 aromatic carbocycles. The number of carboxylic acid groups (broad SMARTS) is 1. The van der Waals surface area contributed by atoms with Crippen molar-refractivity contribution in [2.24, 2.45) is 0 Å². The smallest absolute Gasteiger partial charge is 0.340 e. The molecule has 1 aromatic rings. The highest BCUT2D eigenvalue weighted by molar-refractivity contribution is 5.78. The maximum atomic E-state index is 10.7. The van der Waals surface area contributed by atoms with E-state index in [1.54, 1.807) is 0 Å². The van der Waals surface area contributed by atoms with Crippen molar-refractivity contribution < 1.29 is 19.9 Å². The van der Waals surface area contributed by atoms with Crippen molar-refractivity contribution in [1.29, 1.82) is 0 Å². The van der Waals surface area contributed by atoms with Crippen LogP contribution in [0.1, 0.15) is 12.5 Å². The zero-order valence-corrected chi connectivity index (χ0v) is 7.88. The summed E-state index contributed by atoms with van der Waals surface area (Å²) in [5.74, 6) is -1.46. The van der Waals surface area contributed by atoms with Crippen LogP contribution in [0.3, 0.4) is 0 Å². The molecule has 0 heterocycles. The molecule has 0 aliphatic rings. The van der Waals surface area contributed by atoms with Crippen LogP contribution in [0.15, 0.2) is 24.3 Å². The summed E-state index contributed by atoms with van der Waals surface area (Å²) in [6.45, 7) is 1.06. The Hall–Kier alpha value is -1.95. The van der Waals surface area contributed by atoms with Crippen LogP contribution < -0.4 is 0 Å². The van der Waals surface area contributed by atoms with Gasteiger partial charge in [0.25, 0.3) is 5.69 Å². The minimum Gasteiger partial charge on any atom is -0.479 e. The van der Waals surface area contributed by atoms with Crippen LogP contribution >= 0.6 is 0 Å². The second kappa shape index (κ2) is 3.66. The zero-order valence-electron chi connectivity index (χ0n) is 7.88. The number of rotatable bonds is 3. The molecule has 1 unspecified atom stereocenters. The topological polar surface area (TPSA) is 101 Å². The highest BCUT2D eigenvalue weighted by Gasteiger charge is 2.33. The number of carbonyl (C=O) groups is 1. The maximum Gasteiger partial charge on any atom is 0.340 e. The van der Waals surface area contributed by atoms with Crippen LogP contribution in [0.4, 0.5) is 5.69 Å². The van der Waals surface area contributed by atoms with Gasteiger partial charge in [-0.05, 0) is 6.92 Å². The standard InChI is InChI=1S/C9H9NO5/c1-9(13,8(11)12)6-3-2-4-7(5-6)10(14)15/h2-5,13H,1H3,(H,11,12). The number of nitro groups is 1. The third-order valence-corrected chi connectivity index (χ3v) is 2.04. The van der Waals surface area contributed by atoms with Gasteiger partial charge in [0, 0.05) is 17.7 Å². The van der Waals surface area contributed by atoms with E-state index >= 15 is 0 Å². The molecule has 0 spiro atoms. The Morgan fingerprint density at radius 1 is 1.53 bits per heavy atom. The van der Waals surface area contributed by atoms with Gasteiger partial charge in [0.1, 0.15) is 0 Å². The van der Waals surface area contributed by atoms with Gasteiger partial charge in [0.15, 0.2) is 5.60 Å². The van der Waals surface area contributed by atoms with Gasteiger partial charge in [0.2, 0.25) is 0 Å². The van der Waals surface area contributed by atoms with Crippen molar-refractivity contribution in [2.45, 2.75) is 12.5 Å². The van der Waals surface area contributed by atoms with Crippen molar-refractivity contribution >= 4 is 11.7 Å². The number of benzene rings is 1. The number of aliphatic carboxylic acids is 1. The number of non-ortho nitro benzene ring substituents is 1. The maximum absolute atomic E-state index is 10.7. The predicted octanol–water partition coefficient (Wildman–Crippen LogP) is 0.887. The van der Waals surface area contributed by atoms with Crippen LogP contribution in [0.2, 0.25) is 0 Å². The first-order valence-electron chi connectivity index (χ1n) is 4.06. The van der Waals surface area contributed by atoms with Crippen LogP contribution in [-0.4, -0.2) is 21.1 Å². The molecule has 6 heteroatoms. The molecule has 0 radical (unpaired) electrons. The van der Waals surface area contributed by atoms with Gasteiger partial charge >= 0.3 is 5.97 Å². The summed E-state index contributed by atoms with van der Waals surface area (Å²) in [7, 11) is 0. The lowest BCUT2D eigenvalue weighted by Crippen LogP contribution is -2.31. The lowest BCUT2D eigenvalue weighted by atomic mass is 9.96. The fourth-order valence-corrected chi connectivity index (χ4v) is 1.05. The highest BCUT2D eigenvalue weighted by Crippen LogP contribution is 2.24. The Kier molecular flexibility index (Phi) is 2.71. The summed E-state index contributed by atoms with van der Waals surface area (Å²) in [4.78, 5) is 20.5. The number of carboxylic acids is 1. The molecule has 0 fully saturated rings. The molecule has 0 aromatic heterocycles. The Balaban J connectivity index is 3.21. The molecule has 0 aliphatic carbocycles. The Bertz CT molecular complexity index is 413. The number of aliphatic hydroxyl groups is 1. The monoisotopic (exact) mass is 211 g/mol. The van der Waals surface area contributed by atoms with E-state index in [2.05, 4.69) is 0 Å². The molecule has 2 N–H and O–H groups in total. The van der Waals surface area contributed by atoms with Crippen molar-refractivity contribution in [3.05, 3.63) is 39.9 Å². The second-order valence-electron chi connectivity index (χ2n) is 3.18. The first-order chi connectivity index (χ1) is 6.85. The first kappa shape index (κ1) is 11.1. The summed E-state index contributed by atoms with van der Waals surface area (Å²) in [5.41, 5.74) is -2.40. The molecular formula is C9H9NO5. The van der Waals surface area contributed by atoms with E-state index < -0.39 is 16.5 Å². The predicted molar refractivity (Wildman–Crippen MR) is 50.3 cm³/mol.